The molecule has 37 heavy (non-hydrogen) atoms. The van der Waals surface area contributed by atoms with Crippen molar-refractivity contribution >= 4 is 23.8 Å². The second kappa shape index (κ2) is 14.6. The number of hydrogen-bond acceptors (Lipinski definition) is 5. The Morgan fingerprint density at radius 2 is 1.68 bits per heavy atom. The predicted octanol–water partition coefficient (Wildman–Crippen LogP) is 4.05. The van der Waals surface area contributed by atoms with Crippen molar-refractivity contribution in [2.45, 2.75) is 111 Å². The van der Waals surface area contributed by atoms with E-state index in [-0.39, 0.29) is 24.8 Å². The van der Waals surface area contributed by atoms with E-state index in [9.17, 15) is 19.2 Å². The summed E-state index contributed by atoms with van der Waals surface area (Å²) < 4.78 is 5.36. The summed E-state index contributed by atoms with van der Waals surface area (Å²) in [5.41, 5.74) is 7.33. The van der Waals surface area contributed by atoms with Gasteiger partial charge in [0.15, 0.2) is 0 Å². The molecule has 0 bridgehead atoms. The first-order chi connectivity index (χ1) is 17.2. The third kappa shape index (κ3) is 11.2. The Labute approximate surface area is 221 Å². The highest BCUT2D eigenvalue weighted by Crippen LogP contribution is 2.26. The maximum Gasteiger partial charge on any atom is 0.408 e. The van der Waals surface area contributed by atoms with Crippen molar-refractivity contribution in [2.75, 3.05) is 6.54 Å². The zero-order chi connectivity index (χ0) is 28.3. The van der Waals surface area contributed by atoms with Crippen molar-refractivity contribution in [3.05, 3.63) is 34.9 Å². The molecule has 1 rings (SSSR count). The van der Waals surface area contributed by atoms with Crippen LogP contribution in [-0.2, 0) is 19.1 Å². The smallest absolute Gasteiger partial charge is 0.408 e. The second-order valence-corrected chi connectivity index (χ2v) is 10.9. The molecule has 0 aliphatic rings. The minimum atomic E-state index is -1.09. The van der Waals surface area contributed by atoms with Crippen molar-refractivity contribution < 1.29 is 23.9 Å². The molecule has 0 saturated carbocycles. The van der Waals surface area contributed by atoms with E-state index in [1.54, 1.807) is 20.8 Å². The number of carbonyl (C=O) groups excluding carboxylic acids is 4. The fraction of sp³-hybridized carbons (Fsp3) is 0.643. The SMILES string of the molecule is CCCCCN(C(=O)C(CCC(N)=O)NC(=O)OC(C)(C)C)C(C(=O)NC(C)C)c1ccc(C)c(C)c1. The van der Waals surface area contributed by atoms with Gasteiger partial charge in [-0.3, -0.25) is 14.4 Å². The predicted molar refractivity (Wildman–Crippen MR) is 145 cm³/mol. The molecular weight excluding hydrogens is 472 g/mol. The van der Waals surface area contributed by atoms with Crippen LogP contribution in [0.1, 0.15) is 96.4 Å². The minimum absolute atomic E-state index is 0.0108. The third-order valence-electron chi connectivity index (χ3n) is 5.79. The van der Waals surface area contributed by atoms with Gasteiger partial charge in [-0.05, 0) is 78.0 Å². The molecule has 2 unspecified atom stereocenters. The number of nitrogens with two attached hydrogens (primary N) is 1. The highest BCUT2D eigenvalue weighted by Gasteiger charge is 2.36. The molecular formula is C28H46N4O5. The van der Waals surface area contributed by atoms with Gasteiger partial charge in [0.05, 0.1) is 0 Å². The number of alkyl carbamates (subject to hydrolysis) is 1. The number of amides is 4. The Morgan fingerprint density at radius 1 is 1.03 bits per heavy atom. The van der Waals surface area contributed by atoms with Crippen LogP contribution in [0.3, 0.4) is 0 Å². The van der Waals surface area contributed by atoms with Gasteiger partial charge in [0.2, 0.25) is 17.7 Å². The first-order valence-electron chi connectivity index (χ1n) is 13.1. The van der Waals surface area contributed by atoms with E-state index in [2.05, 4.69) is 17.6 Å². The van der Waals surface area contributed by atoms with E-state index in [0.29, 0.717) is 18.5 Å². The molecule has 0 saturated heterocycles. The lowest BCUT2D eigenvalue weighted by atomic mass is 9.97. The van der Waals surface area contributed by atoms with Crippen LogP contribution in [0.4, 0.5) is 4.79 Å². The number of hydrogen-bond donors (Lipinski definition) is 3. The van der Waals surface area contributed by atoms with E-state index in [4.69, 9.17) is 10.5 Å². The van der Waals surface area contributed by atoms with Crippen LogP contribution >= 0.6 is 0 Å². The summed E-state index contributed by atoms with van der Waals surface area (Å²) >= 11 is 0. The van der Waals surface area contributed by atoms with E-state index < -0.39 is 35.6 Å². The minimum Gasteiger partial charge on any atom is -0.444 e. The van der Waals surface area contributed by atoms with Crippen molar-refractivity contribution in [1.82, 2.24) is 15.5 Å². The molecule has 2 atom stereocenters. The first kappa shape index (κ1) is 31.9. The molecule has 4 amide bonds. The maximum atomic E-state index is 14.0. The van der Waals surface area contributed by atoms with Crippen molar-refractivity contribution in [3.8, 4) is 0 Å². The normalized spacial score (nSPS) is 13.0. The summed E-state index contributed by atoms with van der Waals surface area (Å²) in [6.07, 6.45) is 1.56. The summed E-state index contributed by atoms with van der Waals surface area (Å²) in [4.78, 5) is 53.3. The monoisotopic (exact) mass is 518 g/mol. The second-order valence-electron chi connectivity index (χ2n) is 10.9. The topological polar surface area (TPSA) is 131 Å². The van der Waals surface area contributed by atoms with E-state index in [1.807, 2.05) is 45.9 Å². The average molecular weight is 519 g/mol. The van der Waals surface area contributed by atoms with Gasteiger partial charge in [-0.25, -0.2) is 4.79 Å². The van der Waals surface area contributed by atoms with E-state index in [1.165, 1.54) is 4.90 Å². The molecule has 1 aromatic carbocycles. The average Bonchev–Trinajstić information content (AvgIpc) is 2.76. The van der Waals surface area contributed by atoms with Crippen LogP contribution < -0.4 is 16.4 Å². The molecule has 9 heteroatoms. The molecule has 4 N–H and O–H groups in total. The Kier molecular flexibility index (Phi) is 12.6. The molecule has 0 radical (unpaired) electrons. The maximum absolute atomic E-state index is 14.0. The Hall–Kier alpha value is -3.10. The van der Waals surface area contributed by atoms with Crippen LogP contribution in [0.15, 0.2) is 18.2 Å². The summed E-state index contributed by atoms with van der Waals surface area (Å²) in [6.45, 7) is 15.2. The van der Waals surface area contributed by atoms with Gasteiger partial charge in [-0.15, -0.1) is 0 Å². The summed E-state index contributed by atoms with van der Waals surface area (Å²) in [5.74, 6) is -1.37. The lowest BCUT2D eigenvalue weighted by Crippen LogP contribution is -2.54. The number of primary amides is 1. The van der Waals surface area contributed by atoms with Crippen LogP contribution in [0.2, 0.25) is 0 Å². The van der Waals surface area contributed by atoms with Crippen LogP contribution in [0.25, 0.3) is 0 Å². The molecule has 9 nitrogen and oxygen atoms in total. The summed E-state index contributed by atoms with van der Waals surface area (Å²) in [5, 5.41) is 5.56. The van der Waals surface area contributed by atoms with Gasteiger partial charge in [0.25, 0.3) is 0 Å². The first-order valence-corrected chi connectivity index (χ1v) is 13.1. The molecule has 0 aliphatic carbocycles. The highest BCUT2D eigenvalue weighted by atomic mass is 16.6. The lowest BCUT2D eigenvalue weighted by Gasteiger charge is -2.35. The van der Waals surface area contributed by atoms with Gasteiger partial charge in [-0.2, -0.15) is 0 Å². The van der Waals surface area contributed by atoms with Gasteiger partial charge in [-0.1, -0.05) is 38.0 Å². The number of nitrogens with one attached hydrogen (secondary N) is 2. The number of rotatable bonds is 13. The van der Waals surface area contributed by atoms with E-state index in [0.717, 1.165) is 24.0 Å². The van der Waals surface area contributed by atoms with Crippen LogP contribution in [0.5, 0.6) is 0 Å². The standard InChI is InChI=1S/C28H46N4O5/c1-9-10-11-16-32(24(25(34)30-18(2)3)21-13-12-19(4)20(5)17-21)26(35)22(14-15-23(29)33)31-27(36)37-28(6,7)8/h12-13,17-18,22,24H,9-11,14-16H2,1-8H3,(H2,29,33)(H,30,34)(H,31,36). The van der Waals surface area contributed by atoms with Crippen molar-refractivity contribution in [3.63, 3.8) is 0 Å². The number of benzene rings is 1. The molecule has 0 aliphatic heterocycles. The van der Waals surface area contributed by atoms with Crippen LogP contribution in [0, 0.1) is 13.8 Å². The number of carbonyl (C=O) groups is 4. The molecule has 0 heterocycles. The fourth-order valence-corrected chi connectivity index (χ4v) is 3.86. The Bertz CT molecular complexity index is 939. The lowest BCUT2D eigenvalue weighted by molar-refractivity contribution is -0.143. The quantitative estimate of drug-likeness (QED) is 0.339. The summed E-state index contributed by atoms with van der Waals surface area (Å²) in [6, 6.07) is 3.55. The van der Waals surface area contributed by atoms with Gasteiger partial charge in [0, 0.05) is 19.0 Å². The van der Waals surface area contributed by atoms with Gasteiger partial charge >= 0.3 is 6.09 Å². The Balaban J connectivity index is 3.53. The Morgan fingerprint density at radius 3 is 2.19 bits per heavy atom. The number of unbranched alkanes of at least 4 members (excludes halogenated alkanes) is 2. The number of aryl methyl sites for hydroxylation is 2. The summed E-state index contributed by atoms with van der Waals surface area (Å²) in [7, 11) is 0. The number of ether oxygens (including phenoxy) is 1. The zero-order valence-electron chi connectivity index (χ0n) is 23.8. The fourth-order valence-electron chi connectivity index (χ4n) is 3.86. The van der Waals surface area contributed by atoms with Crippen LogP contribution in [-0.4, -0.2) is 52.9 Å². The largest absolute Gasteiger partial charge is 0.444 e. The molecule has 0 aromatic heterocycles. The molecule has 0 spiro atoms. The van der Waals surface area contributed by atoms with Gasteiger partial charge < -0.3 is 26.0 Å². The van der Waals surface area contributed by atoms with Gasteiger partial charge in [0.1, 0.15) is 17.7 Å². The molecule has 208 valence electrons. The molecule has 0 fully saturated rings. The zero-order valence-corrected chi connectivity index (χ0v) is 23.8. The molecule has 1 aromatic rings. The van der Waals surface area contributed by atoms with E-state index >= 15 is 0 Å². The highest BCUT2D eigenvalue weighted by molar-refractivity contribution is 5.92. The number of nitrogens with zero attached hydrogens (tertiary/aromatic N) is 1. The van der Waals surface area contributed by atoms with Crippen molar-refractivity contribution in [1.29, 1.82) is 0 Å². The third-order valence-corrected chi connectivity index (χ3v) is 5.79. The van der Waals surface area contributed by atoms with Crippen molar-refractivity contribution in [2.24, 2.45) is 5.73 Å².